The van der Waals surface area contributed by atoms with E-state index in [0.29, 0.717) is 0 Å². The molecule has 2 aliphatic heterocycles. The Bertz CT molecular complexity index is 3230. The van der Waals surface area contributed by atoms with E-state index in [1.807, 2.05) is 0 Å². The van der Waals surface area contributed by atoms with Gasteiger partial charge in [0.15, 0.2) is 0 Å². The van der Waals surface area contributed by atoms with Crippen LogP contribution in [0.25, 0.3) is 90.9 Å². The summed E-state index contributed by atoms with van der Waals surface area (Å²) in [7, 11) is -14.2. The molecule has 5 heterocycles. The second-order valence-electron chi connectivity index (χ2n) is 31.7. The van der Waals surface area contributed by atoms with Crippen LogP contribution in [0.1, 0.15) is 22.8 Å². The van der Waals surface area contributed by atoms with Crippen molar-refractivity contribution in [1.82, 2.24) is 19.9 Å². The first-order valence-corrected chi connectivity index (χ1v) is 57.5. The number of rotatable bonds is 12. The van der Waals surface area contributed by atoms with Gasteiger partial charge in [-0.2, -0.15) is 0 Å². The molecule has 0 atom stereocenters. The Balaban J connectivity index is 1.56. The Kier molecular flexibility index (Phi) is 15.4. The maximum absolute atomic E-state index is 5.93. The van der Waals surface area contributed by atoms with Gasteiger partial charge < -0.3 is 9.97 Å². The van der Waals surface area contributed by atoms with Crippen molar-refractivity contribution in [2.75, 3.05) is 0 Å². The zero-order chi connectivity index (χ0) is 58.8. The highest BCUT2D eigenvalue weighted by Gasteiger charge is 2.31. The molecular weight excluding hydrogens is 1100 g/mol. The summed E-state index contributed by atoms with van der Waals surface area (Å²) in [5, 5.41) is 11.9. The number of nitrogens with zero attached hydrogens (tertiary/aromatic N) is 2. The van der Waals surface area contributed by atoms with E-state index >= 15 is 0 Å². The first-order valence-electron chi connectivity index (χ1n) is 29.5. The van der Waals surface area contributed by atoms with E-state index < -0.39 is 64.6 Å². The maximum Gasteiger partial charge on any atom is 0.0776 e. The summed E-state index contributed by atoms with van der Waals surface area (Å²) < 4.78 is 0. The van der Waals surface area contributed by atoms with Gasteiger partial charge in [0, 0.05) is 44.3 Å². The van der Waals surface area contributed by atoms with E-state index in [1.165, 1.54) is 63.7 Å². The Hall–Kier alpha value is -4.78. The van der Waals surface area contributed by atoms with Crippen LogP contribution >= 0.6 is 0 Å². The Morgan fingerprint density at radius 1 is 0.225 bits per heavy atom. The van der Waals surface area contributed by atoms with Gasteiger partial charge in [-0.1, -0.05) is 271 Å². The van der Waals surface area contributed by atoms with Crippen molar-refractivity contribution in [2.45, 2.75) is 157 Å². The smallest absolute Gasteiger partial charge is 0.0776 e. The minimum atomic E-state index is -1.78. The second kappa shape index (κ2) is 20.5. The number of hydrogen-bond donors (Lipinski definition) is 2. The summed E-state index contributed by atoms with van der Waals surface area (Å²) in [4.78, 5) is 20.3. The lowest BCUT2D eigenvalue weighted by Gasteiger charge is -2.24. The summed E-state index contributed by atoms with van der Waals surface area (Å²) in [6, 6.07) is 39.8. The Labute approximate surface area is 490 Å². The molecule has 0 radical (unpaired) electrons. The molecule has 12 heteroatoms. The predicted octanol–water partition coefficient (Wildman–Crippen LogP) is 15.7. The zero-order valence-corrected chi connectivity index (χ0v) is 61.4. The molecule has 8 bridgehead atoms. The van der Waals surface area contributed by atoms with Crippen molar-refractivity contribution in [3.05, 3.63) is 120 Å². The number of fused-ring (bicyclic) bond motifs is 8. The van der Waals surface area contributed by atoms with E-state index in [4.69, 9.17) is 9.97 Å². The number of H-pyrrole nitrogens is 2. The molecule has 2 aliphatic rings. The lowest BCUT2D eigenvalue weighted by molar-refractivity contribution is 1.31. The van der Waals surface area contributed by atoms with Crippen LogP contribution in [0.4, 0.5) is 0 Å². The zero-order valence-electron chi connectivity index (χ0n) is 53.4. The second-order valence-corrected chi connectivity index (χ2v) is 72.3. The average Bonchev–Trinajstić information content (AvgIpc) is 4.17. The van der Waals surface area contributed by atoms with E-state index in [0.717, 1.165) is 67.1 Å². The first-order chi connectivity index (χ1) is 36.6. The molecule has 0 saturated carbocycles. The van der Waals surface area contributed by atoms with Crippen LogP contribution in [0.15, 0.2) is 97.1 Å². The van der Waals surface area contributed by atoms with Gasteiger partial charge in [0.05, 0.1) is 87.4 Å². The van der Waals surface area contributed by atoms with Crippen molar-refractivity contribution < 1.29 is 0 Å². The van der Waals surface area contributed by atoms with Crippen molar-refractivity contribution in [3.63, 3.8) is 0 Å². The summed E-state index contributed by atoms with van der Waals surface area (Å²) in [6.45, 7) is 59.8. The quantitative estimate of drug-likeness (QED) is 0.120. The number of aromatic amines is 2. The van der Waals surface area contributed by atoms with E-state index in [2.05, 4.69) is 288 Å². The highest BCUT2D eigenvalue weighted by Crippen LogP contribution is 2.39. The number of benzene rings is 4. The van der Waals surface area contributed by atoms with Crippen molar-refractivity contribution in [2.24, 2.45) is 0 Å². The number of hydrogen-bond acceptors (Lipinski definition) is 2. The fourth-order valence-corrected chi connectivity index (χ4v) is 21.0. The van der Waals surface area contributed by atoms with Gasteiger partial charge in [0.1, 0.15) is 0 Å². The molecule has 0 aliphatic carbocycles. The largest absolute Gasteiger partial charge is 0.354 e. The molecule has 0 spiro atoms. The minimum absolute atomic E-state index is 0.983. The van der Waals surface area contributed by atoms with E-state index in [9.17, 15) is 0 Å². The summed E-state index contributed by atoms with van der Waals surface area (Å²) in [5.41, 5.74) is 17.7. The lowest BCUT2D eigenvalue weighted by atomic mass is 10.0. The summed E-state index contributed by atoms with van der Waals surface area (Å²) >= 11 is 0. The molecule has 0 saturated heterocycles. The van der Waals surface area contributed by atoms with Crippen LogP contribution in [0.2, 0.25) is 157 Å². The third-order valence-corrected chi connectivity index (χ3v) is 32.7. The topological polar surface area (TPSA) is 57.4 Å². The number of aromatic nitrogens is 4. The molecular formula is C68H94N4Si8. The molecule has 7 aromatic rings. The van der Waals surface area contributed by atoms with Gasteiger partial charge in [-0.15, -0.1) is 0 Å². The average molecular weight is 1190 g/mol. The van der Waals surface area contributed by atoms with Gasteiger partial charge in [0.25, 0.3) is 0 Å². The van der Waals surface area contributed by atoms with E-state index in [1.54, 1.807) is 0 Å². The van der Waals surface area contributed by atoms with Crippen LogP contribution in [-0.4, -0.2) is 84.5 Å². The highest BCUT2D eigenvalue weighted by molar-refractivity contribution is 6.94. The molecule has 0 amide bonds. The standard InChI is InChI=1S/C68H94N4Si8/c1-73(2,3)49-33-45(34-50(41-49)74(4,5)6)65-57-25-27-59(69-57)66(46-35-51(75(7,8)9)42-52(36-46)76(10,11)12)61-29-31-63(71-61)68(48-39-55(79(19,20)21)44-56(40-48)80(22,23)24)64-32-30-62(72-64)67(60-28-26-58(65)70-60)47-37-53(77(13,14)15)43-54(38-47)78(16,17)18/h25-44,69,72H,1-24H3. The Morgan fingerprint density at radius 3 is 0.512 bits per heavy atom. The molecule has 4 nitrogen and oxygen atoms in total. The molecule has 80 heavy (non-hydrogen) atoms. The van der Waals surface area contributed by atoms with Crippen LogP contribution in [0, 0.1) is 0 Å². The molecule has 0 unspecified atom stereocenters. The SMILES string of the molecule is C[Si](C)(C)c1cc(-c2c3nc(c(-c4cc([Si](C)(C)C)cc([Si](C)(C)C)c4)c4ccc([nH]4)c(-c4cc([Si](C)(C)C)cc([Si](C)(C)C)c4)c4nc(c(-c5cc([Si](C)(C)C)cc([Si](C)(C)C)c5)c5ccc2[nH]5)C=C4)C=C3)cc([Si](C)(C)C)c1. The molecule has 9 rings (SSSR count). The highest BCUT2D eigenvalue weighted by atomic mass is 28.3. The monoisotopic (exact) mass is 1190 g/mol. The molecule has 0 fully saturated rings. The van der Waals surface area contributed by atoms with Crippen molar-refractivity contribution >= 4 is 152 Å². The van der Waals surface area contributed by atoms with Gasteiger partial charge >= 0.3 is 0 Å². The van der Waals surface area contributed by atoms with Gasteiger partial charge in [-0.05, 0) is 70.8 Å². The Morgan fingerprint density at radius 2 is 0.375 bits per heavy atom. The van der Waals surface area contributed by atoms with Gasteiger partial charge in [0.2, 0.25) is 0 Å². The number of nitrogens with one attached hydrogen (secondary N) is 2. The van der Waals surface area contributed by atoms with Crippen LogP contribution < -0.4 is 41.5 Å². The predicted molar refractivity (Wildman–Crippen MR) is 384 cm³/mol. The first kappa shape index (κ1) is 59.8. The summed E-state index contributed by atoms with van der Waals surface area (Å²) in [5.74, 6) is 0. The van der Waals surface area contributed by atoms with Crippen LogP contribution in [-0.2, 0) is 0 Å². The lowest BCUT2D eigenvalue weighted by Crippen LogP contribution is -2.45. The molecule has 418 valence electrons. The molecule has 3 aromatic heterocycles. The fraction of sp³-hybridized carbons (Fsp3) is 0.353. The molecule has 2 N–H and O–H groups in total. The molecule has 4 aromatic carbocycles. The third kappa shape index (κ3) is 12.4. The maximum atomic E-state index is 5.93. The normalized spacial score (nSPS) is 13.9. The van der Waals surface area contributed by atoms with Gasteiger partial charge in [-0.25, -0.2) is 9.97 Å². The van der Waals surface area contributed by atoms with Crippen molar-refractivity contribution in [1.29, 1.82) is 0 Å². The summed E-state index contributed by atoms with van der Waals surface area (Å²) in [6.07, 6.45) is 9.26. The van der Waals surface area contributed by atoms with Gasteiger partial charge in [-0.3, -0.25) is 0 Å². The van der Waals surface area contributed by atoms with Crippen LogP contribution in [0.5, 0.6) is 0 Å². The van der Waals surface area contributed by atoms with E-state index in [-0.39, 0.29) is 0 Å². The van der Waals surface area contributed by atoms with Crippen LogP contribution in [0.3, 0.4) is 0 Å². The van der Waals surface area contributed by atoms with Crippen molar-refractivity contribution in [3.8, 4) is 44.5 Å². The third-order valence-electron chi connectivity index (χ3n) is 16.6. The minimum Gasteiger partial charge on any atom is -0.354 e. The fourth-order valence-electron chi connectivity index (χ4n) is 11.0.